The molecule has 0 spiro atoms. The average Bonchev–Trinajstić information content (AvgIpc) is 2.40. The Balaban J connectivity index is 2.66. The average molecular weight is 340 g/mol. The second-order valence-corrected chi connectivity index (χ2v) is 5.22. The predicted molar refractivity (Wildman–Crippen MR) is 76.5 cm³/mol. The molecule has 0 amide bonds. The third-order valence-corrected chi connectivity index (χ3v) is 3.82. The van der Waals surface area contributed by atoms with E-state index in [0.717, 1.165) is 6.07 Å². The molecule has 0 saturated heterocycles. The zero-order chi connectivity index (χ0) is 14.9. The van der Waals surface area contributed by atoms with E-state index in [4.69, 9.17) is 34.8 Å². The van der Waals surface area contributed by atoms with E-state index < -0.39 is 11.7 Å². The molecule has 0 radical (unpaired) electrons. The Kier molecular flexibility index (Phi) is 4.52. The van der Waals surface area contributed by atoms with Crippen LogP contribution in [0.3, 0.4) is 0 Å². The monoisotopic (exact) mass is 338 g/mol. The Morgan fingerprint density at radius 3 is 2.15 bits per heavy atom. The largest absolute Gasteiger partial charge is 0.417 e. The third kappa shape index (κ3) is 3.22. The van der Waals surface area contributed by atoms with Gasteiger partial charge in [-0.1, -0.05) is 35.3 Å². The van der Waals surface area contributed by atoms with Crippen molar-refractivity contribution in [2.24, 2.45) is 0 Å². The van der Waals surface area contributed by atoms with E-state index in [0.29, 0.717) is 11.1 Å². The second kappa shape index (κ2) is 5.84. The summed E-state index contributed by atoms with van der Waals surface area (Å²) < 4.78 is 39.2. The first kappa shape index (κ1) is 15.5. The van der Waals surface area contributed by atoms with Crippen LogP contribution in [0.2, 0.25) is 10.0 Å². The zero-order valence-electron chi connectivity index (χ0n) is 9.94. The lowest BCUT2D eigenvalue weighted by Gasteiger charge is -2.14. The summed E-state index contributed by atoms with van der Waals surface area (Å²) in [7, 11) is 0. The molecule has 0 N–H and O–H groups in total. The highest BCUT2D eigenvalue weighted by atomic mass is 35.5. The number of rotatable bonds is 2. The van der Waals surface area contributed by atoms with Crippen LogP contribution in [0, 0.1) is 0 Å². The molecule has 0 heterocycles. The molecule has 0 fully saturated rings. The normalized spacial score (nSPS) is 11.7. The fourth-order valence-corrected chi connectivity index (χ4v) is 2.29. The van der Waals surface area contributed by atoms with Crippen molar-refractivity contribution in [2.75, 3.05) is 0 Å². The molecule has 0 nitrogen and oxygen atoms in total. The molecule has 0 bridgehead atoms. The van der Waals surface area contributed by atoms with Crippen LogP contribution in [0.25, 0.3) is 11.1 Å². The van der Waals surface area contributed by atoms with Crippen molar-refractivity contribution >= 4 is 34.8 Å². The van der Waals surface area contributed by atoms with Gasteiger partial charge in [0, 0.05) is 5.88 Å². The molecule has 2 aromatic carbocycles. The van der Waals surface area contributed by atoms with E-state index in [1.807, 2.05) is 0 Å². The first-order chi connectivity index (χ1) is 9.32. The van der Waals surface area contributed by atoms with Crippen LogP contribution in [0.1, 0.15) is 11.1 Å². The summed E-state index contributed by atoms with van der Waals surface area (Å²) in [5.41, 5.74) is 0.249. The Hall–Kier alpha value is -0.900. The number of halogens is 6. The molecular formula is C14H8Cl3F3. The molecule has 0 aromatic heterocycles. The summed E-state index contributed by atoms with van der Waals surface area (Å²) in [5.74, 6) is 0.131. The molecule has 106 valence electrons. The van der Waals surface area contributed by atoms with E-state index in [2.05, 4.69) is 0 Å². The lowest BCUT2D eigenvalue weighted by Crippen LogP contribution is -2.07. The van der Waals surface area contributed by atoms with Gasteiger partial charge in [0.05, 0.1) is 15.6 Å². The summed E-state index contributed by atoms with van der Waals surface area (Å²) in [6.07, 6.45) is -4.45. The van der Waals surface area contributed by atoms with E-state index in [1.165, 1.54) is 30.3 Å². The lowest BCUT2D eigenvalue weighted by atomic mass is 9.97. The van der Waals surface area contributed by atoms with Crippen LogP contribution in [0.15, 0.2) is 36.4 Å². The maximum atomic E-state index is 13.1. The molecule has 0 aliphatic rings. The van der Waals surface area contributed by atoms with Gasteiger partial charge in [0.15, 0.2) is 0 Å². The molecule has 2 aromatic rings. The van der Waals surface area contributed by atoms with Crippen LogP contribution < -0.4 is 0 Å². The van der Waals surface area contributed by atoms with Crippen molar-refractivity contribution in [3.63, 3.8) is 0 Å². The Morgan fingerprint density at radius 2 is 1.60 bits per heavy atom. The summed E-state index contributed by atoms with van der Waals surface area (Å²) in [6.45, 7) is 0. The molecule has 6 heteroatoms. The van der Waals surface area contributed by atoms with Gasteiger partial charge in [0.2, 0.25) is 0 Å². The first-order valence-corrected chi connectivity index (χ1v) is 6.83. The zero-order valence-corrected chi connectivity index (χ0v) is 12.2. The Labute approximate surface area is 129 Å². The quantitative estimate of drug-likeness (QED) is 0.554. The number of hydrogen-bond donors (Lipinski definition) is 0. The summed E-state index contributed by atoms with van der Waals surface area (Å²) in [5, 5.41) is 0.492. The minimum atomic E-state index is -4.45. The smallest absolute Gasteiger partial charge is 0.166 e. The SMILES string of the molecule is FC(F)(F)c1ccc(CCl)cc1-c1ccc(Cl)c(Cl)c1. The standard InChI is InChI=1S/C14H8Cl3F3/c15-7-8-1-3-11(14(18,19)20)10(5-8)9-2-4-12(16)13(17)6-9/h1-6H,7H2. The predicted octanol–water partition coefficient (Wildman–Crippen LogP) is 6.42. The highest BCUT2D eigenvalue weighted by Crippen LogP contribution is 2.39. The minimum absolute atomic E-state index is 0.0363. The molecule has 2 rings (SSSR count). The second-order valence-electron chi connectivity index (χ2n) is 4.14. The van der Waals surface area contributed by atoms with Gasteiger partial charge in [0.1, 0.15) is 0 Å². The first-order valence-electron chi connectivity index (χ1n) is 5.54. The third-order valence-electron chi connectivity index (χ3n) is 2.77. The Bertz CT molecular complexity index is 636. The van der Waals surface area contributed by atoms with Gasteiger partial charge < -0.3 is 0 Å². The molecule has 0 atom stereocenters. The van der Waals surface area contributed by atoms with Crippen LogP contribution in [-0.4, -0.2) is 0 Å². The van der Waals surface area contributed by atoms with Gasteiger partial charge in [-0.15, -0.1) is 11.6 Å². The van der Waals surface area contributed by atoms with E-state index in [1.54, 1.807) is 0 Å². The molecule has 0 aliphatic carbocycles. The van der Waals surface area contributed by atoms with E-state index >= 15 is 0 Å². The van der Waals surface area contributed by atoms with Crippen molar-refractivity contribution in [1.82, 2.24) is 0 Å². The summed E-state index contributed by atoms with van der Waals surface area (Å²) in [6, 6.07) is 8.16. The van der Waals surface area contributed by atoms with Gasteiger partial charge in [-0.25, -0.2) is 0 Å². The van der Waals surface area contributed by atoms with Crippen molar-refractivity contribution in [3.05, 3.63) is 57.6 Å². The van der Waals surface area contributed by atoms with Crippen LogP contribution >= 0.6 is 34.8 Å². The van der Waals surface area contributed by atoms with Gasteiger partial charge in [-0.3, -0.25) is 0 Å². The summed E-state index contributed by atoms with van der Waals surface area (Å²) in [4.78, 5) is 0. The maximum Gasteiger partial charge on any atom is 0.417 e. The molecule has 0 unspecified atom stereocenters. The highest BCUT2D eigenvalue weighted by molar-refractivity contribution is 6.42. The van der Waals surface area contributed by atoms with Gasteiger partial charge >= 0.3 is 6.18 Å². The molecule has 0 aliphatic heterocycles. The lowest BCUT2D eigenvalue weighted by molar-refractivity contribution is -0.137. The van der Waals surface area contributed by atoms with Crippen LogP contribution in [0.5, 0.6) is 0 Å². The Morgan fingerprint density at radius 1 is 0.900 bits per heavy atom. The van der Waals surface area contributed by atoms with Gasteiger partial charge in [-0.05, 0) is 41.0 Å². The number of hydrogen-bond acceptors (Lipinski definition) is 0. The maximum absolute atomic E-state index is 13.1. The van der Waals surface area contributed by atoms with Gasteiger partial charge in [-0.2, -0.15) is 13.2 Å². The molecule has 20 heavy (non-hydrogen) atoms. The van der Waals surface area contributed by atoms with Crippen molar-refractivity contribution in [2.45, 2.75) is 12.1 Å². The molecular weight excluding hydrogens is 332 g/mol. The minimum Gasteiger partial charge on any atom is -0.166 e. The topological polar surface area (TPSA) is 0 Å². The fraction of sp³-hybridized carbons (Fsp3) is 0.143. The van der Waals surface area contributed by atoms with Crippen molar-refractivity contribution in [3.8, 4) is 11.1 Å². The summed E-state index contributed by atoms with van der Waals surface area (Å²) >= 11 is 17.3. The van der Waals surface area contributed by atoms with Crippen molar-refractivity contribution < 1.29 is 13.2 Å². The van der Waals surface area contributed by atoms with E-state index in [9.17, 15) is 13.2 Å². The highest BCUT2D eigenvalue weighted by Gasteiger charge is 2.33. The van der Waals surface area contributed by atoms with Gasteiger partial charge in [0.25, 0.3) is 0 Å². The molecule has 0 saturated carbocycles. The van der Waals surface area contributed by atoms with Crippen LogP contribution in [-0.2, 0) is 12.1 Å². The number of benzene rings is 2. The number of alkyl halides is 4. The van der Waals surface area contributed by atoms with E-state index in [-0.39, 0.29) is 21.5 Å². The fourth-order valence-electron chi connectivity index (χ4n) is 1.82. The van der Waals surface area contributed by atoms with Crippen molar-refractivity contribution in [1.29, 1.82) is 0 Å². The van der Waals surface area contributed by atoms with Crippen LogP contribution in [0.4, 0.5) is 13.2 Å².